The Morgan fingerprint density at radius 2 is 1.48 bits per heavy atom. The van der Waals surface area contributed by atoms with Gasteiger partial charge in [-0.25, -0.2) is 4.79 Å². The van der Waals surface area contributed by atoms with Crippen LogP contribution in [0.4, 0.5) is 4.79 Å². The van der Waals surface area contributed by atoms with E-state index in [1.165, 1.54) is 0 Å². The minimum Gasteiger partial charge on any atom is -0.460 e. The zero-order valence-corrected chi connectivity index (χ0v) is 20.2. The minimum atomic E-state index is -0.728. The topological polar surface area (TPSA) is 139 Å². The van der Waals surface area contributed by atoms with E-state index in [2.05, 4.69) is 15.5 Å². The van der Waals surface area contributed by atoms with Crippen LogP contribution in [-0.2, 0) is 19.0 Å². The summed E-state index contributed by atoms with van der Waals surface area (Å²) in [5.41, 5.74) is 4.43. The molecule has 0 aliphatic heterocycles. The molecule has 1 amide bonds. The van der Waals surface area contributed by atoms with E-state index in [-0.39, 0.29) is 37.2 Å². The Bertz CT molecular complexity index is 727. The summed E-state index contributed by atoms with van der Waals surface area (Å²) >= 11 is 0. The highest BCUT2D eigenvalue weighted by Gasteiger charge is 2.28. The Labute approximate surface area is 184 Å². The Balaban J connectivity index is 2.83. The first-order valence-corrected chi connectivity index (χ1v) is 10.4. The molecule has 10 nitrogen and oxygen atoms in total. The third-order valence-corrected chi connectivity index (χ3v) is 3.53. The van der Waals surface area contributed by atoms with Crippen molar-refractivity contribution in [2.75, 3.05) is 6.61 Å². The lowest BCUT2D eigenvalue weighted by Gasteiger charge is -2.25. The second-order valence-electron chi connectivity index (χ2n) is 10.3. The van der Waals surface area contributed by atoms with Crippen LogP contribution >= 0.6 is 0 Å². The van der Waals surface area contributed by atoms with Crippen LogP contribution in [0.25, 0.3) is 0 Å². The number of ether oxygens (including phenoxy) is 3. The lowest BCUT2D eigenvalue weighted by molar-refractivity contribution is -0.155. The summed E-state index contributed by atoms with van der Waals surface area (Å²) in [6, 6.07) is -1.38. The van der Waals surface area contributed by atoms with Crippen LogP contribution in [0.2, 0.25) is 0 Å². The van der Waals surface area contributed by atoms with Gasteiger partial charge in [0.1, 0.15) is 17.2 Å². The highest BCUT2D eigenvalue weighted by atomic mass is 16.6. The van der Waals surface area contributed by atoms with Gasteiger partial charge in [0.05, 0.1) is 18.2 Å². The molecule has 0 bridgehead atoms. The Hall–Kier alpha value is -2.20. The van der Waals surface area contributed by atoms with Gasteiger partial charge in [-0.3, -0.25) is 4.79 Å². The van der Waals surface area contributed by atoms with Crippen molar-refractivity contribution in [3.63, 3.8) is 0 Å². The van der Waals surface area contributed by atoms with Crippen LogP contribution in [0.1, 0.15) is 99.0 Å². The fourth-order valence-corrected chi connectivity index (χ4v) is 2.28. The number of hydrogen-bond donors (Lipinski definition) is 2. The molecule has 0 saturated heterocycles. The molecule has 1 aromatic heterocycles. The minimum absolute atomic E-state index is 0.0948. The molecular weight excluding hydrogens is 404 g/mol. The largest absolute Gasteiger partial charge is 0.460 e. The number of alkyl carbamates (subject to hydrolysis) is 1. The van der Waals surface area contributed by atoms with Crippen molar-refractivity contribution in [1.29, 1.82) is 0 Å². The molecule has 1 aromatic rings. The van der Waals surface area contributed by atoms with Crippen LogP contribution in [0.15, 0.2) is 4.42 Å². The predicted octanol–water partition coefficient (Wildman–Crippen LogP) is 3.57. The van der Waals surface area contributed by atoms with E-state index in [0.29, 0.717) is 0 Å². The van der Waals surface area contributed by atoms with Gasteiger partial charge >= 0.3 is 12.1 Å². The highest BCUT2D eigenvalue weighted by molar-refractivity contribution is 5.69. The van der Waals surface area contributed by atoms with E-state index in [1.807, 2.05) is 20.8 Å². The van der Waals surface area contributed by atoms with Crippen LogP contribution in [0.3, 0.4) is 0 Å². The van der Waals surface area contributed by atoms with Gasteiger partial charge in [-0.15, -0.1) is 10.2 Å². The summed E-state index contributed by atoms with van der Waals surface area (Å²) in [5, 5.41) is 10.7. The van der Waals surface area contributed by atoms with Crippen molar-refractivity contribution >= 4 is 12.1 Å². The van der Waals surface area contributed by atoms with Gasteiger partial charge in [0.2, 0.25) is 11.8 Å². The SMILES string of the molecule is CC(C)(C)OC[C@H](NC(=O)OC(C)(C)C)c1nnc([C@@H](N)CCC(=O)OC(C)(C)C)o1. The first kappa shape index (κ1) is 26.8. The first-order valence-electron chi connectivity index (χ1n) is 10.4. The molecule has 10 heteroatoms. The smallest absolute Gasteiger partial charge is 0.408 e. The van der Waals surface area contributed by atoms with Crippen LogP contribution in [-0.4, -0.2) is 45.7 Å². The van der Waals surface area contributed by atoms with Gasteiger partial charge in [-0.2, -0.15) is 0 Å². The summed E-state index contributed by atoms with van der Waals surface area (Å²) in [6.45, 7) is 16.5. The average Bonchev–Trinajstić information content (AvgIpc) is 3.02. The van der Waals surface area contributed by atoms with Crippen LogP contribution in [0.5, 0.6) is 0 Å². The number of nitrogens with two attached hydrogens (primary N) is 1. The molecule has 0 aliphatic rings. The monoisotopic (exact) mass is 442 g/mol. The van der Waals surface area contributed by atoms with E-state index < -0.39 is 35.0 Å². The quantitative estimate of drug-likeness (QED) is 0.578. The number of nitrogens with one attached hydrogen (secondary N) is 1. The molecule has 0 saturated carbocycles. The number of carbonyl (C=O) groups excluding carboxylic acids is 2. The van der Waals surface area contributed by atoms with Crippen molar-refractivity contribution in [3.8, 4) is 0 Å². The summed E-state index contributed by atoms with van der Waals surface area (Å²) in [7, 11) is 0. The maximum absolute atomic E-state index is 12.2. The van der Waals surface area contributed by atoms with E-state index in [0.717, 1.165) is 0 Å². The lowest BCUT2D eigenvalue weighted by atomic mass is 10.1. The molecule has 0 unspecified atom stereocenters. The number of rotatable bonds is 8. The van der Waals surface area contributed by atoms with Gasteiger partial charge in [0.15, 0.2) is 0 Å². The number of aromatic nitrogens is 2. The maximum Gasteiger partial charge on any atom is 0.408 e. The molecule has 3 N–H and O–H groups in total. The molecule has 0 radical (unpaired) electrons. The number of nitrogens with zero attached hydrogens (tertiary/aromatic N) is 2. The van der Waals surface area contributed by atoms with Gasteiger partial charge in [0.25, 0.3) is 0 Å². The highest BCUT2D eigenvalue weighted by Crippen LogP contribution is 2.21. The van der Waals surface area contributed by atoms with Crippen molar-refractivity contribution in [1.82, 2.24) is 15.5 Å². The predicted molar refractivity (Wildman–Crippen MR) is 114 cm³/mol. The van der Waals surface area contributed by atoms with Crippen molar-refractivity contribution in [2.24, 2.45) is 5.73 Å². The van der Waals surface area contributed by atoms with Crippen molar-refractivity contribution in [3.05, 3.63) is 11.8 Å². The van der Waals surface area contributed by atoms with Gasteiger partial charge in [-0.05, 0) is 68.7 Å². The number of amides is 1. The van der Waals surface area contributed by atoms with Crippen molar-refractivity contribution in [2.45, 2.75) is 104 Å². The Kier molecular flexibility index (Phi) is 9.01. The number of carbonyl (C=O) groups is 2. The molecule has 0 aliphatic carbocycles. The van der Waals surface area contributed by atoms with Gasteiger partial charge in [-0.1, -0.05) is 0 Å². The van der Waals surface area contributed by atoms with Crippen LogP contribution in [0, 0.1) is 0 Å². The van der Waals surface area contributed by atoms with Gasteiger partial charge in [0, 0.05) is 6.42 Å². The number of esters is 1. The first-order chi connectivity index (χ1) is 14.0. The fourth-order valence-electron chi connectivity index (χ4n) is 2.28. The molecular formula is C21H38N4O6. The maximum atomic E-state index is 12.2. The second kappa shape index (κ2) is 10.4. The van der Waals surface area contributed by atoms with E-state index >= 15 is 0 Å². The molecule has 31 heavy (non-hydrogen) atoms. The zero-order valence-electron chi connectivity index (χ0n) is 20.2. The Morgan fingerprint density at radius 1 is 0.935 bits per heavy atom. The summed E-state index contributed by atoms with van der Waals surface area (Å²) in [4.78, 5) is 24.1. The Morgan fingerprint density at radius 3 is 2.00 bits per heavy atom. The molecule has 0 fully saturated rings. The van der Waals surface area contributed by atoms with Crippen molar-refractivity contribution < 1.29 is 28.2 Å². The third kappa shape index (κ3) is 11.7. The summed E-state index contributed by atoms with van der Waals surface area (Å²) in [6.07, 6.45) is -0.244. The summed E-state index contributed by atoms with van der Waals surface area (Å²) in [5.74, 6) is -0.0612. The van der Waals surface area contributed by atoms with E-state index in [1.54, 1.807) is 41.5 Å². The molecule has 1 heterocycles. The number of hydrogen-bond acceptors (Lipinski definition) is 9. The zero-order chi connectivity index (χ0) is 24.0. The van der Waals surface area contributed by atoms with Crippen LogP contribution < -0.4 is 11.1 Å². The molecule has 1 rings (SSSR count). The molecule has 178 valence electrons. The summed E-state index contributed by atoms with van der Waals surface area (Å²) < 4.78 is 22.1. The lowest BCUT2D eigenvalue weighted by Crippen LogP contribution is -2.38. The second-order valence-corrected chi connectivity index (χ2v) is 10.3. The van der Waals surface area contributed by atoms with E-state index in [4.69, 9.17) is 24.4 Å². The molecule has 2 atom stereocenters. The van der Waals surface area contributed by atoms with Gasteiger partial charge < -0.3 is 29.7 Å². The average molecular weight is 443 g/mol. The molecule has 0 aromatic carbocycles. The fraction of sp³-hybridized carbons (Fsp3) is 0.810. The normalized spacial score (nSPS) is 14.6. The molecule has 0 spiro atoms. The van der Waals surface area contributed by atoms with E-state index in [9.17, 15) is 9.59 Å². The standard InChI is InChI=1S/C21H38N4O6/c1-19(2,3)28-12-14(23-18(27)31-21(7,8)9)17-25-24-16(29-17)13(22)10-11-15(26)30-20(4,5)6/h13-14H,10-12,22H2,1-9H3,(H,23,27)/t13-,14-/m0/s1. The third-order valence-electron chi connectivity index (χ3n) is 3.53.